The molecule has 0 amide bonds. The van der Waals surface area contributed by atoms with Crippen LogP contribution in [-0.2, 0) is 0 Å². The first-order valence-corrected chi connectivity index (χ1v) is 5.30. The molecule has 0 aliphatic heterocycles. The van der Waals surface area contributed by atoms with Crippen LogP contribution in [0.15, 0.2) is 17.7 Å². The predicted molar refractivity (Wildman–Crippen MR) is 62.9 cm³/mol. The SMILES string of the molecule is CC1=C(CN)c2c(ccc(O)c2C)C1C. The minimum Gasteiger partial charge on any atom is -0.508 e. The normalized spacial score (nSPS) is 19.6. The molecule has 15 heavy (non-hydrogen) atoms. The third-order valence-electron chi connectivity index (χ3n) is 3.57. The maximum absolute atomic E-state index is 9.71. The van der Waals surface area contributed by atoms with E-state index in [1.165, 1.54) is 22.3 Å². The summed E-state index contributed by atoms with van der Waals surface area (Å²) >= 11 is 0. The Morgan fingerprint density at radius 3 is 2.60 bits per heavy atom. The van der Waals surface area contributed by atoms with Crippen molar-refractivity contribution in [1.82, 2.24) is 0 Å². The molecule has 0 bridgehead atoms. The highest BCUT2D eigenvalue weighted by Gasteiger charge is 2.26. The van der Waals surface area contributed by atoms with Gasteiger partial charge in [0.05, 0.1) is 0 Å². The Morgan fingerprint density at radius 2 is 2.00 bits per heavy atom. The average molecular weight is 203 g/mol. The fourth-order valence-corrected chi connectivity index (χ4v) is 2.44. The van der Waals surface area contributed by atoms with Gasteiger partial charge in [0.2, 0.25) is 0 Å². The molecule has 1 unspecified atom stereocenters. The summed E-state index contributed by atoms with van der Waals surface area (Å²) in [7, 11) is 0. The first-order chi connectivity index (χ1) is 7.07. The van der Waals surface area contributed by atoms with Crippen molar-refractivity contribution >= 4 is 5.57 Å². The van der Waals surface area contributed by atoms with Crippen LogP contribution in [0.3, 0.4) is 0 Å². The zero-order valence-electron chi connectivity index (χ0n) is 9.46. The quantitative estimate of drug-likeness (QED) is 0.736. The van der Waals surface area contributed by atoms with Gasteiger partial charge in [0.15, 0.2) is 0 Å². The van der Waals surface area contributed by atoms with E-state index in [0.29, 0.717) is 18.2 Å². The molecule has 0 heterocycles. The molecule has 1 aliphatic carbocycles. The Hall–Kier alpha value is -1.28. The Kier molecular flexibility index (Phi) is 2.31. The van der Waals surface area contributed by atoms with Crippen molar-refractivity contribution in [3.05, 3.63) is 34.4 Å². The topological polar surface area (TPSA) is 46.2 Å². The molecule has 1 aliphatic rings. The smallest absolute Gasteiger partial charge is 0.119 e. The third kappa shape index (κ3) is 1.29. The van der Waals surface area contributed by atoms with Crippen LogP contribution >= 0.6 is 0 Å². The van der Waals surface area contributed by atoms with E-state index in [4.69, 9.17) is 5.73 Å². The number of allylic oxidation sites excluding steroid dienone is 1. The Bertz CT molecular complexity index is 446. The number of rotatable bonds is 1. The van der Waals surface area contributed by atoms with Crippen LogP contribution in [0.4, 0.5) is 0 Å². The van der Waals surface area contributed by atoms with Crippen LogP contribution in [0.2, 0.25) is 0 Å². The van der Waals surface area contributed by atoms with Crippen LogP contribution in [0.25, 0.3) is 5.57 Å². The van der Waals surface area contributed by atoms with Gasteiger partial charge in [-0.1, -0.05) is 18.6 Å². The molecule has 2 rings (SSSR count). The summed E-state index contributed by atoms with van der Waals surface area (Å²) in [6.07, 6.45) is 0. The second-order valence-electron chi connectivity index (χ2n) is 4.26. The molecule has 0 fully saturated rings. The van der Waals surface area contributed by atoms with Crippen molar-refractivity contribution in [3.8, 4) is 5.75 Å². The van der Waals surface area contributed by atoms with Crippen molar-refractivity contribution in [3.63, 3.8) is 0 Å². The van der Waals surface area contributed by atoms with Crippen molar-refractivity contribution in [2.45, 2.75) is 26.7 Å². The first kappa shape index (κ1) is 10.2. The van der Waals surface area contributed by atoms with Crippen LogP contribution < -0.4 is 5.73 Å². The number of nitrogens with two attached hydrogens (primary N) is 1. The molecule has 0 saturated heterocycles. The van der Waals surface area contributed by atoms with Gasteiger partial charge in [-0.05, 0) is 42.2 Å². The Labute approximate surface area is 90.4 Å². The second kappa shape index (κ2) is 3.38. The number of fused-ring (bicyclic) bond motifs is 1. The molecule has 2 heteroatoms. The number of aromatic hydroxyl groups is 1. The van der Waals surface area contributed by atoms with Crippen molar-refractivity contribution in [2.75, 3.05) is 6.54 Å². The molecule has 1 aromatic rings. The van der Waals surface area contributed by atoms with E-state index in [9.17, 15) is 5.11 Å². The predicted octanol–water partition coefficient (Wildman–Crippen LogP) is 2.55. The lowest BCUT2D eigenvalue weighted by Crippen LogP contribution is -2.03. The molecule has 0 saturated carbocycles. The van der Waals surface area contributed by atoms with Crippen molar-refractivity contribution in [1.29, 1.82) is 0 Å². The number of hydrogen-bond donors (Lipinski definition) is 2. The van der Waals surface area contributed by atoms with Crippen LogP contribution in [0.5, 0.6) is 5.75 Å². The Morgan fingerprint density at radius 1 is 1.33 bits per heavy atom. The van der Waals surface area contributed by atoms with E-state index in [0.717, 1.165) is 5.56 Å². The second-order valence-corrected chi connectivity index (χ2v) is 4.26. The summed E-state index contributed by atoms with van der Waals surface area (Å²) in [4.78, 5) is 0. The van der Waals surface area contributed by atoms with Gasteiger partial charge in [-0.15, -0.1) is 0 Å². The lowest BCUT2D eigenvalue weighted by molar-refractivity contribution is 0.470. The van der Waals surface area contributed by atoms with E-state index in [2.05, 4.69) is 13.8 Å². The third-order valence-corrected chi connectivity index (χ3v) is 3.57. The molecule has 0 aromatic heterocycles. The van der Waals surface area contributed by atoms with E-state index in [1.54, 1.807) is 6.07 Å². The molecule has 1 aromatic carbocycles. The Balaban J connectivity index is 2.72. The lowest BCUT2D eigenvalue weighted by atomic mass is 9.96. The molecule has 0 radical (unpaired) electrons. The average Bonchev–Trinajstić information content (AvgIpc) is 2.47. The maximum atomic E-state index is 9.71. The molecule has 1 atom stereocenters. The number of benzene rings is 1. The number of phenolic OH excluding ortho intramolecular Hbond substituents is 1. The number of hydrogen-bond acceptors (Lipinski definition) is 2. The standard InChI is InChI=1S/C13H17NO/c1-7-8(2)11(6-14)13-9(3)12(15)5-4-10(7)13/h4-5,7,15H,6,14H2,1-3H3. The highest BCUT2D eigenvalue weighted by Crippen LogP contribution is 2.44. The molecule has 0 spiro atoms. The minimum absolute atomic E-state index is 0.363. The fraction of sp³-hybridized carbons (Fsp3) is 0.385. The van der Waals surface area contributed by atoms with Gasteiger partial charge in [0.1, 0.15) is 5.75 Å². The molecular weight excluding hydrogens is 186 g/mol. The van der Waals surface area contributed by atoms with Crippen LogP contribution in [0, 0.1) is 6.92 Å². The molecular formula is C13H17NO. The van der Waals surface area contributed by atoms with Gasteiger partial charge in [-0.3, -0.25) is 0 Å². The zero-order valence-corrected chi connectivity index (χ0v) is 9.46. The molecule has 80 valence electrons. The van der Waals surface area contributed by atoms with Crippen molar-refractivity contribution < 1.29 is 5.11 Å². The molecule has 2 nitrogen and oxygen atoms in total. The summed E-state index contributed by atoms with van der Waals surface area (Å²) in [5, 5.41) is 9.71. The first-order valence-electron chi connectivity index (χ1n) is 5.30. The largest absolute Gasteiger partial charge is 0.508 e. The van der Waals surface area contributed by atoms with Gasteiger partial charge in [0, 0.05) is 12.5 Å². The van der Waals surface area contributed by atoms with Gasteiger partial charge < -0.3 is 10.8 Å². The van der Waals surface area contributed by atoms with E-state index >= 15 is 0 Å². The van der Waals surface area contributed by atoms with Gasteiger partial charge in [-0.2, -0.15) is 0 Å². The van der Waals surface area contributed by atoms with Crippen molar-refractivity contribution in [2.24, 2.45) is 5.73 Å². The minimum atomic E-state index is 0.363. The highest BCUT2D eigenvalue weighted by molar-refractivity contribution is 5.81. The van der Waals surface area contributed by atoms with E-state index in [1.807, 2.05) is 13.0 Å². The number of phenols is 1. The van der Waals surface area contributed by atoms with E-state index in [-0.39, 0.29) is 0 Å². The van der Waals surface area contributed by atoms with Crippen LogP contribution in [-0.4, -0.2) is 11.7 Å². The van der Waals surface area contributed by atoms with Gasteiger partial charge in [-0.25, -0.2) is 0 Å². The monoisotopic (exact) mass is 203 g/mol. The van der Waals surface area contributed by atoms with Crippen LogP contribution in [0.1, 0.15) is 36.5 Å². The summed E-state index contributed by atoms with van der Waals surface area (Å²) in [5.41, 5.74) is 11.7. The summed E-state index contributed by atoms with van der Waals surface area (Å²) in [6.45, 7) is 6.82. The molecule has 3 N–H and O–H groups in total. The lowest BCUT2D eigenvalue weighted by Gasteiger charge is -2.10. The van der Waals surface area contributed by atoms with Gasteiger partial charge >= 0.3 is 0 Å². The van der Waals surface area contributed by atoms with Gasteiger partial charge in [0.25, 0.3) is 0 Å². The fourth-order valence-electron chi connectivity index (χ4n) is 2.44. The zero-order chi connectivity index (χ0) is 11.2. The maximum Gasteiger partial charge on any atom is 0.119 e. The summed E-state index contributed by atoms with van der Waals surface area (Å²) in [5.74, 6) is 0.791. The summed E-state index contributed by atoms with van der Waals surface area (Å²) in [6, 6.07) is 3.78. The van der Waals surface area contributed by atoms with E-state index < -0.39 is 0 Å². The highest BCUT2D eigenvalue weighted by atomic mass is 16.3. The summed E-state index contributed by atoms with van der Waals surface area (Å²) < 4.78 is 0.